The molecule has 92 valence electrons. The summed E-state index contributed by atoms with van der Waals surface area (Å²) in [5.41, 5.74) is 0.791. The molecule has 0 spiro atoms. The van der Waals surface area contributed by atoms with E-state index >= 15 is 0 Å². The Morgan fingerprint density at radius 3 is 2.82 bits per heavy atom. The molecule has 1 aromatic carbocycles. The molecule has 17 heavy (non-hydrogen) atoms. The summed E-state index contributed by atoms with van der Waals surface area (Å²) in [7, 11) is 0. The van der Waals surface area contributed by atoms with Gasteiger partial charge in [-0.2, -0.15) is 0 Å². The van der Waals surface area contributed by atoms with Crippen LogP contribution in [-0.4, -0.2) is 30.8 Å². The van der Waals surface area contributed by atoms with Crippen molar-refractivity contribution in [1.29, 1.82) is 0 Å². The molecule has 1 aliphatic rings. The molecule has 0 saturated carbocycles. The van der Waals surface area contributed by atoms with E-state index in [1.54, 1.807) is 0 Å². The minimum Gasteiger partial charge on any atom is -0.480 e. The third kappa shape index (κ3) is 3.28. The van der Waals surface area contributed by atoms with E-state index in [2.05, 4.69) is 5.32 Å². The fourth-order valence-electron chi connectivity index (χ4n) is 2.02. The van der Waals surface area contributed by atoms with Crippen molar-refractivity contribution in [3.63, 3.8) is 0 Å². The Morgan fingerprint density at radius 2 is 2.24 bits per heavy atom. The Labute approximate surface area is 101 Å². The highest BCUT2D eigenvalue weighted by Gasteiger charge is 2.22. The van der Waals surface area contributed by atoms with Gasteiger partial charge in [-0.3, -0.25) is 4.79 Å². The number of carbonyl (C=O) groups is 1. The number of rotatable bonds is 5. The molecule has 2 rings (SSSR count). The van der Waals surface area contributed by atoms with Gasteiger partial charge < -0.3 is 15.2 Å². The number of ether oxygens (including phenoxy) is 1. The van der Waals surface area contributed by atoms with Gasteiger partial charge in [0.05, 0.1) is 6.61 Å². The van der Waals surface area contributed by atoms with Gasteiger partial charge in [-0.1, -0.05) is 30.3 Å². The normalized spacial score (nSPS) is 21.3. The van der Waals surface area contributed by atoms with Crippen molar-refractivity contribution >= 4 is 5.97 Å². The van der Waals surface area contributed by atoms with Crippen LogP contribution in [0.3, 0.4) is 0 Å². The first-order valence-electron chi connectivity index (χ1n) is 5.86. The van der Waals surface area contributed by atoms with Crippen LogP contribution in [0.2, 0.25) is 0 Å². The SMILES string of the molecule is O=C(O)C(NCC1CCOC1)c1ccccc1. The Bertz CT molecular complexity index is 360. The first-order valence-corrected chi connectivity index (χ1v) is 5.86. The van der Waals surface area contributed by atoms with Crippen LogP contribution in [0.4, 0.5) is 0 Å². The summed E-state index contributed by atoms with van der Waals surface area (Å²) in [5.74, 6) is -0.407. The van der Waals surface area contributed by atoms with Gasteiger partial charge in [0.1, 0.15) is 6.04 Å². The van der Waals surface area contributed by atoms with E-state index in [0.717, 1.165) is 25.2 Å². The average Bonchev–Trinajstić information content (AvgIpc) is 2.83. The monoisotopic (exact) mass is 235 g/mol. The summed E-state index contributed by atoms with van der Waals surface area (Å²) in [5, 5.41) is 12.3. The maximum atomic E-state index is 11.2. The molecule has 1 aliphatic heterocycles. The lowest BCUT2D eigenvalue weighted by atomic mass is 10.0. The minimum atomic E-state index is -0.838. The van der Waals surface area contributed by atoms with Gasteiger partial charge in [0, 0.05) is 13.2 Å². The van der Waals surface area contributed by atoms with Crippen LogP contribution in [0, 0.1) is 5.92 Å². The molecule has 1 saturated heterocycles. The fraction of sp³-hybridized carbons (Fsp3) is 0.462. The maximum Gasteiger partial charge on any atom is 0.325 e. The van der Waals surface area contributed by atoms with E-state index < -0.39 is 12.0 Å². The quantitative estimate of drug-likeness (QED) is 0.810. The van der Waals surface area contributed by atoms with E-state index in [1.807, 2.05) is 30.3 Å². The molecule has 0 bridgehead atoms. The van der Waals surface area contributed by atoms with Crippen molar-refractivity contribution in [2.45, 2.75) is 12.5 Å². The highest BCUT2D eigenvalue weighted by atomic mass is 16.5. The standard InChI is InChI=1S/C13H17NO3/c15-13(16)12(11-4-2-1-3-5-11)14-8-10-6-7-17-9-10/h1-5,10,12,14H,6-9H2,(H,15,16). The second kappa shape index (κ2) is 5.80. The van der Waals surface area contributed by atoms with Crippen molar-refractivity contribution in [3.8, 4) is 0 Å². The lowest BCUT2D eigenvalue weighted by Gasteiger charge is -2.17. The second-order valence-corrected chi connectivity index (χ2v) is 4.32. The highest BCUT2D eigenvalue weighted by molar-refractivity contribution is 5.75. The number of benzene rings is 1. The first kappa shape index (κ1) is 12.1. The predicted octanol–water partition coefficient (Wildman–Crippen LogP) is 1.44. The molecule has 0 radical (unpaired) electrons. The molecule has 0 amide bonds. The van der Waals surface area contributed by atoms with Gasteiger partial charge in [0.25, 0.3) is 0 Å². The number of hydrogen-bond donors (Lipinski definition) is 2. The van der Waals surface area contributed by atoms with Crippen LogP contribution >= 0.6 is 0 Å². The summed E-state index contributed by atoms with van der Waals surface area (Å²) in [6.45, 7) is 2.20. The van der Waals surface area contributed by atoms with Gasteiger partial charge in [0.2, 0.25) is 0 Å². The Hall–Kier alpha value is -1.39. The van der Waals surface area contributed by atoms with Crippen LogP contribution < -0.4 is 5.32 Å². The molecule has 2 unspecified atom stereocenters. The van der Waals surface area contributed by atoms with Crippen molar-refractivity contribution in [3.05, 3.63) is 35.9 Å². The molecule has 2 N–H and O–H groups in total. The van der Waals surface area contributed by atoms with Crippen molar-refractivity contribution in [2.75, 3.05) is 19.8 Å². The van der Waals surface area contributed by atoms with Crippen LogP contribution in [0.5, 0.6) is 0 Å². The zero-order chi connectivity index (χ0) is 12.1. The summed E-state index contributed by atoms with van der Waals surface area (Å²) in [4.78, 5) is 11.2. The summed E-state index contributed by atoms with van der Waals surface area (Å²) >= 11 is 0. The van der Waals surface area contributed by atoms with Crippen LogP contribution in [0.1, 0.15) is 18.0 Å². The molecule has 1 aromatic rings. The topological polar surface area (TPSA) is 58.6 Å². The summed E-state index contributed by atoms with van der Waals surface area (Å²) in [6.07, 6.45) is 1.01. The predicted molar refractivity (Wildman–Crippen MR) is 63.7 cm³/mol. The molecule has 0 aliphatic carbocycles. The lowest BCUT2D eigenvalue weighted by molar-refractivity contribution is -0.139. The van der Waals surface area contributed by atoms with Gasteiger partial charge in [0.15, 0.2) is 0 Å². The molecular weight excluding hydrogens is 218 g/mol. The zero-order valence-electron chi connectivity index (χ0n) is 9.63. The van der Waals surface area contributed by atoms with Crippen LogP contribution in [0.25, 0.3) is 0 Å². The number of hydrogen-bond acceptors (Lipinski definition) is 3. The van der Waals surface area contributed by atoms with Crippen LogP contribution in [-0.2, 0) is 9.53 Å². The van der Waals surface area contributed by atoms with Gasteiger partial charge in [-0.15, -0.1) is 0 Å². The molecule has 1 heterocycles. The average molecular weight is 235 g/mol. The molecule has 4 heteroatoms. The maximum absolute atomic E-state index is 11.2. The number of carboxylic acid groups (broad SMARTS) is 1. The second-order valence-electron chi connectivity index (χ2n) is 4.32. The van der Waals surface area contributed by atoms with Crippen molar-refractivity contribution in [1.82, 2.24) is 5.32 Å². The van der Waals surface area contributed by atoms with Gasteiger partial charge in [-0.25, -0.2) is 0 Å². The van der Waals surface area contributed by atoms with E-state index in [-0.39, 0.29) is 0 Å². The van der Waals surface area contributed by atoms with E-state index in [1.165, 1.54) is 0 Å². The van der Waals surface area contributed by atoms with E-state index in [0.29, 0.717) is 12.5 Å². The Balaban J connectivity index is 1.95. The fourth-order valence-corrected chi connectivity index (χ4v) is 2.02. The lowest BCUT2D eigenvalue weighted by Crippen LogP contribution is -2.32. The van der Waals surface area contributed by atoms with Crippen molar-refractivity contribution in [2.24, 2.45) is 5.92 Å². The van der Waals surface area contributed by atoms with Crippen LogP contribution in [0.15, 0.2) is 30.3 Å². The highest BCUT2D eigenvalue weighted by Crippen LogP contribution is 2.16. The minimum absolute atomic E-state index is 0.431. The van der Waals surface area contributed by atoms with E-state index in [4.69, 9.17) is 4.74 Å². The van der Waals surface area contributed by atoms with Gasteiger partial charge >= 0.3 is 5.97 Å². The third-order valence-electron chi connectivity index (χ3n) is 3.01. The molecule has 0 aromatic heterocycles. The molecule has 4 nitrogen and oxygen atoms in total. The molecule has 2 atom stereocenters. The number of nitrogens with one attached hydrogen (secondary N) is 1. The van der Waals surface area contributed by atoms with E-state index in [9.17, 15) is 9.90 Å². The van der Waals surface area contributed by atoms with Gasteiger partial charge in [-0.05, 0) is 17.9 Å². The van der Waals surface area contributed by atoms with Crippen molar-refractivity contribution < 1.29 is 14.6 Å². The Kier molecular flexibility index (Phi) is 4.12. The number of carboxylic acids is 1. The zero-order valence-corrected chi connectivity index (χ0v) is 9.63. The smallest absolute Gasteiger partial charge is 0.325 e. The molecule has 1 fully saturated rings. The third-order valence-corrected chi connectivity index (χ3v) is 3.01. The first-order chi connectivity index (χ1) is 8.27. The molecular formula is C13H17NO3. The number of aliphatic carboxylic acids is 1. The Morgan fingerprint density at radius 1 is 1.47 bits per heavy atom. The largest absolute Gasteiger partial charge is 0.480 e. The summed E-state index contributed by atoms with van der Waals surface area (Å²) < 4.78 is 5.27. The summed E-state index contributed by atoms with van der Waals surface area (Å²) in [6, 6.07) is 8.62.